The average Bonchev–Trinajstić information content (AvgIpc) is 3.11. The van der Waals surface area contributed by atoms with Crippen LogP contribution in [0.1, 0.15) is 17.0 Å². The molecule has 0 aliphatic heterocycles. The number of hydrogen-bond donors (Lipinski definition) is 0. The maximum absolute atomic E-state index is 14.0. The summed E-state index contributed by atoms with van der Waals surface area (Å²) in [5, 5.41) is 10.2. The topological polar surface area (TPSA) is 30.7 Å². The summed E-state index contributed by atoms with van der Waals surface area (Å²) in [5.74, 6) is 1.09. The van der Waals surface area contributed by atoms with Crippen LogP contribution in [0.25, 0.3) is 5.69 Å². The van der Waals surface area contributed by atoms with Gasteiger partial charge in [-0.05, 0) is 41.5 Å². The first-order chi connectivity index (χ1) is 13.7. The Morgan fingerprint density at radius 1 is 0.857 bits per heavy atom. The van der Waals surface area contributed by atoms with Crippen LogP contribution in [-0.2, 0) is 12.2 Å². The summed E-state index contributed by atoms with van der Waals surface area (Å²) >= 11 is 7.51. The lowest BCUT2D eigenvalue weighted by Gasteiger charge is -2.11. The third-order valence-corrected chi connectivity index (χ3v) is 5.53. The zero-order valence-corrected chi connectivity index (χ0v) is 16.5. The van der Waals surface area contributed by atoms with Crippen LogP contribution < -0.4 is 0 Å². The number of aromatic nitrogens is 3. The Bertz CT molecular complexity index is 1060. The fourth-order valence-corrected chi connectivity index (χ4v) is 3.98. The van der Waals surface area contributed by atoms with Crippen molar-refractivity contribution in [1.29, 1.82) is 0 Å². The molecule has 140 valence electrons. The van der Waals surface area contributed by atoms with Gasteiger partial charge >= 0.3 is 0 Å². The van der Waals surface area contributed by atoms with Crippen molar-refractivity contribution in [3.8, 4) is 5.69 Å². The molecule has 3 nitrogen and oxygen atoms in total. The predicted octanol–water partition coefficient (Wildman–Crippen LogP) is 5.94. The Morgan fingerprint density at radius 3 is 2.32 bits per heavy atom. The minimum Gasteiger partial charge on any atom is -0.274 e. The summed E-state index contributed by atoms with van der Waals surface area (Å²) in [4.78, 5) is 0. The first kappa shape index (κ1) is 18.7. The molecule has 3 aromatic carbocycles. The van der Waals surface area contributed by atoms with E-state index in [1.54, 1.807) is 12.1 Å². The number of halogens is 2. The van der Waals surface area contributed by atoms with Crippen LogP contribution in [0.5, 0.6) is 0 Å². The molecule has 0 saturated carbocycles. The van der Waals surface area contributed by atoms with Gasteiger partial charge in [0.1, 0.15) is 11.6 Å². The minimum atomic E-state index is -0.211. The molecular weight excluding hydrogens is 393 g/mol. The first-order valence-electron chi connectivity index (χ1n) is 8.81. The normalized spacial score (nSPS) is 10.9. The van der Waals surface area contributed by atoms with Crippen molar-refractivity contribution < 1.29 is 4.39 Å². The van der Waals surface area contributed by atoms with Crippen LogP contribution in [-0.4, -0.2) is 14.8 Å². The van der Waals surface area contributed by atoms with E-state index >= 15 is 0 Å². The van der Waals surface area contributed by atoms with Crippen LogP contribution in [0.3, 0.4) is 0 Å². The second-order valence-electron chi connectivity index (χ2n) is 6.25. The molecule has 0 amide bonds. The van der Waals surface area contributed by atoms with Crippen molar-refractivity contribution in [2.24, 2.45) is 0 Å². The van der Waals surface area contributed by atoms with Gasteiger partial charge < -0.3 is 0 Å². The van der Waals surface area contributed by atoms with Crippen LogP contribution in [0, 0.1) is 5.82 Å². The smallest absolute Gasteiger partial charge is 0.196 e. The quantitative estimate of drug-likeness (QED) is 0.369. The third-order valence-electron chi connectivity index (χ3n) is 4.30. The van der Waals surface area contributed by atoms with Gasteiger partial charge in [-0.25, -0.2) is 4.39 Å². The van der Waals surface area contributed by atoms with Crippen LogP contribution in [0.2, 0.25) is 5.02 Å². The molecule has 1 aromatic heterocycles. The predicted molar refractivity (Wildman–Crippen MR) is 112 cm³/mol. The van der Waals surface area contributed by atoms with Gasteiger partial charge in [0.15, 0.2) is 5.16 Å². The molecule has 4 rings (SSSR count). The van der Waals surface area contributed by atoms with E-state index in [0.29, 0.717) is 22.8 Å². The number of rotatable bonds is 6. The summed E-state index contributed by atoms with van der Waals surface area (Å²) in [7, 11) is 0. The van der Waals surface area contributed by atoms with Gasteiger partial charge in [-0.2, -0.15) is 0 Å². The van der Waals surface area contributed by atoms with Crippen LogP contribution in [0.15, 0.2) is 84.0 Å². The van der Waals surface area contributed by atoms with E-state index in [-0.39, 0.29) is 5.82 Å². The third kappa shape index (κ3) is 4.26. The molecule has 4 aromatic rings. The largest absolute Gasteiger partial charge is 0.274 e. The summed E-state index contributed by atoms with van der Waals surface area (Å²) in [6, 6.07) is 24.5. The molecular formula is C22H17ClFN3S. The Balaban J connectivity index is 1.67. The van der Waals surface area contributed by atoms with Crippen molar-refractivity contribution in [2.75, 3.05) is 0 Å². The van der Waals surface area contributed by atoms with Gasteiger partial charge in [-0.1, -0.05) is 71.9 Å². The van der Waals surface area contributed by atoms with E-state index in [1.165, 1.54) is 17.8 Å². The van der Waals surface area contributed by atoms with Crippen molar-refractivity contribution >= 4 is 23.4 Å². The van der Waals surface area contributed by atoms with Crippen molar-refractivity contribution in [2.45, 2.75) is 17.3 Å². The highest BCUT2D eigenvalue weighted by Gasteiger charge is 2.16. The highest BCUT2D eigenvalue weighted by Crippen LogP contribution is 2.27. The molecule has 0 N–H and O–H groups in total. The Labute approximate surface area is 172 Å². The standard InChI is InChI=1S/C22H17ClFN3S/c23-18-10-12-19(13-11-18)27-21(14-16-6-2-1-3-7-16)25-26-22(27)28-15-17-8-4-5-9-20(17)24/h1-13H,14-15H2. The Hall–Kier alpha value is -2.63. The molecule has 28 heavy (non-hydrogen) atoms. The lowest BCUT2D eigenvalue weighted by Crippen LogP contribution is -2.04. The van der Waals surface area contributed by atoms with Gasteiger partial charge in [-0.15, -0.1) is 10.2 Å². The molecule has 0 saturated heterocycles. The van der Waals surface area contributed by atoms with E-state index in [2.05, 4.69) is 22.3 Å². The van der Waals surface area contributed by atoms with E-state index in [9.17, 15) is 4.39 Å². The minimum absolute atomic E-state index is 0.211. The molecule has 1 heterocycles. The van der Waals surface area contributed by atoms with Gasteiger partial charge in [0, 0.05) is 22.9 Å². The zero-order chi connectivity index (χ0) is 19.3. The highest BCUT2D eigenvalue weighted by molar-refractivity contribution is 7.98. The van der Waals surface area contributed by atoms with E-state index < -0.39 is 0 Å². The fraction of sp³-hybridized carbons (Fsp3) is 0.0909. The van der Waals surface area contributed by atoms with Gasteiger partial charge in [0.25, 0.3) is 0 Å². The fourth-order valence-electron chi connectivity index (χ4n) is 2.89. The van der Waals surface area contributed by atoms with Gasteiger partial charge in [0.05, 0.1) is 0 Å². The second-order valence-corrected chi connectivity index (χ2v) is 7.63. The van der Waals surface area contributed by atoms with Gasteiger partial charge in [0.2, 0.25) is 0 Å². The molecule has 0 radical (unpaired) electrons. The number of nitrogens with zero attached hydrogens (tertiary/aromatic N) is 3. The molecule has 0 bridgehead atoms. The van der Waals surface area contributed by atoms with Crippen molar-refractivity contribution in [3.63, 3.8) is 0 Å². The zero-order valence-electron chi connectivity index (χ0n) is 14.9. The summed E-state index contributed by atoms with van der Waals surface area (Å²) in [6.45, 7) is 0. The highest BCUT2D eigenvalue weighted by atomic mass is 35.5. The van der Waals surface area contributed by atoms with Gasteiger partial charge in [-0.3, -0.25) is 4.57 Å². The lowest BCUT2D eigenvalue weighted by molar-refractivity contribution is 0.617. The molecule has 0 atom stereocenters. The number of benzene rings is 3. The first-order valence-corrected chi connectivity index (χ1v) is 10.2. The maximum atomic E-state index is 14.0. The average molecular weight is 410 g/mol. The van der Waals surface area contributed by atoms with Crippen molar-refractivity contribution in [1.82, 2.24) is 14.8 Å². The van der Waals surface area contributed by atoms with Crippen molar-refractivity contribution in [3.05, 3.63) is 107 Å². The molecule has 0 unspecified atom stereocenters. The van der Waals surface area contributed by atoms with E-state index in [1.807, 2.05) is 53.1 Å². The van der Waals surface area contributed by atoms with E-state index in [0.717, 1.165) is 22.2 Å². The summed E-state index contributed by atoms with van der Waals surface area (Å²) < 4.78 is 16.0. The Kier molecular flexibility index (Phi) is 5.74. The number of thioether (sulfide) groups is 1. The molecule has 0 aliphatic carbocycles. The van der Waals surface area contributed by atoms with E-state index in [4.69, 9.17) is 11.6 Å². The maximum Gasteiger partial charge on any atom is 0.196 e. The monoisotopic (exact) mass is 409 g/mol. The molecule has 0 spiro atoms. The number of hydrogen-bond acceptors (Lipinski definition) is 3. The SMILES string of the molecule is Fc1ccccc1CSc1nnc(Cc2ccccc2)n1-c1ccc(Cl)cc1. The molecule has 6 heteroatoms. The van der Waals surface area contributed by atoms with Crippen LogP contribution in [0.4, 0.5) is 4.39 Å². The van der Waals surface area contributed by atoms with Crippen LogP contribution >= 0.6 is 23.4 Å². The summed E-state index contributed by atoms with van der Waals surface area (Å²) in [6.07, 6.45) is 0.650. The second kappa shape index (κ2) is 8.59. The Morgan fingerprint density at radius 2 is 1.57 bits per heavy atom. The lowest BCUT2D eigenvalue weighted by atomic mass is 10.1. The summed E-state index contributed by atoms with van der Waals surface area (Å²) in [5.41, 5.74) is 2.72. The molecule has 0 fully saturated rings. The molecule has 0 aliphatic rings.